The summed E-state index contributed by atoms with van der Waals surface area (Å²) in [7, 11) is -4.07. The summed E-state index contributed by atoms with van der Waals surface area (Å²) in [6.07, 6.45) is 2.90. The van der Waals surface area contributed by atoms with Gasteiger partial charge >= 0.3 is 0 Å². The van der Waals surface area contributed by atoms with Gasteiger partial charge in [0.25, 0.3) is 10.1 Å². The van der Waals surface area contributed by atoms with Gasteiger partial charge in [-0.05, 0) is 13.3 Å². The number of carbonyl (C=O) groups excluding carboxylic acids is 1. The van der Waals surface area contributed by atoms with E-state index in [1.807, 2.05) is 0 Å². The zero-order valence-electron chi connectivity index (χ0n) is 7.10. The molecule has 0 saturated carbocycles. The molecule has 0 fully saturated rings. The van der Waals surface area contributed by atoms with Crippen LogP contribution in [0.3, 0.4) is 0 Å². The van der Waals surface area contributed by atoms with E-state index in [1.165, 1.54) is 19.1 Å². The Labute approximate surface area is 76.7 Å². The third kappa shape index (κ3) is 7.23. The highest BCUT2D eigenvalue weighted by molar-refractivity contribution is 7.88. The summed E-state index contributed by atoms with van der Waals surface area (Å²) in [5.41, 5.74) is 5.25. The van der Waals surface area contributed by atoms with E-state index in [-0.39, 0.29) is 6.42 Å². The molecule has 0 aliphatic carbocycles. The minimum Gasteiger partial charge on any atom is -0.366 e. The topological polar surface area (TPSA) is 97.5 Å². The lowest BCUT2D eigenvalue weighted by atomic mass is 10.2. The minimum atomic E-state index is -4.07. The first-order valence-corrected chi connectivity index (χ1v) is 4.94. The van der Waals surface area contributed by atoms with Crippen LogP contribution in [0.2, 0.25) is 0 Å². The van der Waals surface area contributed by atoms with Gasteiger partial charge in [0, 0.05) is 5.57 Å². The average molecular weight is 205 g/mol. The van der Waals surface area contributed by atoms with Gasteiger partial charge in [0.2, 0.25) is 5.91 Å². The molecule has 13 heavy (non-hydrogen) atoms. The molecular weight excluding hydrogens is 194 g/mol. The molecule has 0 aliphatic rings. The zero-order chi connectivity index (χ0) is 10.5. The molecule has 3 N–H and O–H groups in total. The van der Waals surface area contributed by atoms with Crippen molar-refractivity contribution in [1.29, 1.82) is 0 Å². The van der Waals surface area contributed by atoms with Gasteiger partial charge in [-0.25, -0.2) is 0 Å². The fourth-order valence-electron chi connectivity index (χ4n) is 0.523. The molecule has 0 aliphatic heterocycles. The van der Waals surface area contributed by atoms with Crippen LogP contribution in [0.25, 0.3) is 0 Å². The monoisotopic (exact) mass is 205 g/mol. The molecule has 0 aromatic carbocycles. The molecule has 0 rings (SSSR count). The van der Waals surface area contributed by atoms with Crippen LogP contribution in [0.4, 0.5) is 0 Å². The molecule has 74 valence electrons. The van der Waals surface area contributed by atoms with Gasteiger partial charge in [0.1, 0.15) is 0 Å². The van der Waals surface area contributed by atoms with Crippen molar-refractivity contribution in [3.8, 4) is 0 Å². The van der Waals surface area contributed by atoms with Crippen molar-refractivity contribution < 1.29 is 17.8 Å². The van der Waals surface area contributed by atoms with E-state index in [4.69, 9.17) is 10.3 Å². The molecule has 0 heterocycles. The number of allylic oxidation sites excluding steroid dienone is 2. The highest BCUT2D eigenvalue weighted by Gasteiger charge is 1.95. The summed E-state index contributed by atoms with van der Waals surface area (Å²) >= 11 is 0. The lowest BCUT2D eigenvalue weighted by Gasteiger charge is -1.90. The fraction of sp³-hybridized carbons (Fsp3) is 0.286. The predicted octanol–water partition coefficient (Wildman–Crippen LogP) is 0.210. The Morgan fingerprint density at radius 2 is 2.08 bits per heavy atom. The molecule has 5 nitrogen and oxygen atoms in total. The maximum Gasteiger partial charge on any atom is 0.287 e. The largest absolute Gasteiger partial charge is 0.366 e. The van der Waals surface area contributed by atoms with Crippen LogP contribution in [-0.4, -0.2) is 18.9 Å². The van der Waals surface area contributed by atoms with E-state index < -0.39 is 16.0 Å². The van der Waals surface area contributed by atoms with Crippen molar-refractivity contribution in [3.05, 3.63) is 23.1 Å². The highest BCUT2D eigenvalue weighted by Crippen LogP contribution is 1.96. The Bertz CT molecular complexity index is 340. The van der Waals surface area contributed by atoms with Gasteiger partial charge in [-0.2, -0.15) is 8.42 Å². The van der Waals surface area contributed by atoms with Gasteiger partial charge in [0.15, 0.2) is 0 Å². The second-order valence-electron chi connectivity index (χ2n) is 2.37. The minimum absolute atomic E-state index is 0.231. The maximum atomic E-state index is 10.5. The lowest BCUT2D eigenvalue weighted by Crippen LogP contribution is -2.11. The van der Waals surface area contributed by atoms with Crippen molar-refractivity contribution in [1.82, 2.24) is 0 Å². The van der Waals surface area contributed by atoms with Crippen molar-refractivity contribution >= 4 is 16.0 Å². The summed E-state index contributed by atoms with van der Waals surface area (Å²) < 4.78 is 28.6. The molecule has 0 spiro atoms. The van der Waals surface area contributed by atoms with Crippen LogP contribution in [0.5, 0.6) is 0 Å². The van der Waals surface area contributed by atoms with Crippen molar-refractivity contribution in [2.24, 2.45) is 5.73 Å². The van der Waals surface area contributed by atoms with E-state index in [0.717, 1.165) is 0 Å². The summed E-state index contributed by atoms with van der Waals surface area (Å²) in [5.74, 6) is -0.555. The molecular formula is C7H11NO4S. The third-order valence-corrected chi connectivity index (χ3v) is 1.75. The van der Waals surface area contributed by atoms with Crippen LogP contribution >= 0.6 is 0 Å². The predicted molar refractivity (Wildman–Crippen MR) is 48.3 cm³/mol. The van der Waals surface area contributed by atoms with Gasteiger partial charge in [-0.3, -0.25) is 9.35 Å². The SMILES string of the molecule is CC(=CCC=CS(=O)(=O)O)C(N)=O. The number of nitrogens with two attached hydrogens (primary N) is 1. The maximum absolute atomic E-state index is 10.5. The number of hydrogen-bond acceptors (Lipinski definition) is 3. The molecule has 0 aromatic heterocycles. The summed E-state index contributed by atoms with van der Waals surface area (Å²) in [4.78, 5) is 10.5. The second-order valence-corrected chi connectivity index (χ2v) is 3.68. The van der Waals surface area contributed by atoms with Gasteiger partial charge < -0.3 is 5.73 Å². The smallest absolute Gasteiger partial charge is 0.287 e. The van der Waals surface area contributed by atoms with E-state index in [9.17, 15) is 13.2 Å². The molecule has 0 aromatic rings. The summed E-state index contributed by atoms with van der Waals surface area (Å²) in [6.45, 7) is 1.52. The Kier molecular flexibility index (Phi) is 4.36. The van der Waals surface area contributed by atoms with Crippen LogP contribution in [-0.2, 0) is 14.9 Å². The summed E-state index contributed by atoms with van der Waals surface area (Å²) in [5, 5.41) is 0.651. The first kappa shape index (κ1) is 11.9. The zero-order valence-corrected chi connectivity index (χ0v) is 7.91. The van der Waals surface area contributed by atoms with E-state index in [0.29, 0.717) is 11.0 Å². The molecule has 0 radical (unpaired) electrons. The van der Waals surface area contributed by atoms with E-state index in [2.05, 4.69) is 0 Å². The molecule has 6 heteroatoms. The molecule has 0 atom stereocenters. The Morgan fingerprint density at radius 1 is 1.54 bits per heavy atom. The van der Waals surface area contributed by atoms with Crippen LogP contribution in [0.1, 0.15) is 13.3 Å². The van der Waals surface area contributed by atoms with Crippen molar-refractivity contribution in [2.75, 3.05) is 0 Å². The highest BCUT2D eigenvalue weighted by atomic mass is 32.2. The van der Waals surface area contributed by atoms with Crippen LogP contribution in [0.15, 0.2) is 23.1 Å². The first-order valence-electron chi connectivity index (χ1n) is 3.43. The van der Waals surface area contributed by atoms with Gasteiger partial charge in [0.05, 0.1) is 5.41 Å². The number of rotatable bonds is 4. The van der Waals surface area contributed by atoms with E-state index in [1.54, 1.807) is 0 Å². The van der Waals surface area contributed by atoms with Crippen molar-refractivity contribution in [3.63, 3.8) is 0 Å². The quantitative estimate of drug-likeness (QED) is 0.506. The Balaban J connectivity index is 4.15. The lowest BCUT2D eigenvalue weighted by molar-refractivity contribution is -0.114. The molecule has 0 bridgehead atoms. The van der Waals surface area contributed by atoms with Crippen LogP contribution < -0.4 is 5.73 Å². The second kappa shape index (κ2) is 4.78. The number of amides is 1. The number of carbonyl (C=O) groups is 1. The normalized spacial score (nSPS) is 13.5. The molecule has 1 amide bonds. The first-order chi connectivity index (χ1) is 5.83. The number of hydrogen-bond donors (Lipinski definition) is 2. The number of primary amides is 1. The molecule has 0 unspecified atom stereocenters. The average Bonchev–Trinajstić information content (AvgIpc) is 1.95. The van der Waals surface area contributed by atoms with Crippen LogP contribution in [0, 0.1) is 0 Å². The Hall–Kier alpha value is -1.14. The third-order valence-electron chi connectivity index (χ3n) is 1.22. The summed E-state index contributed by atoms with van der Waals surface area (Å²) in [6, 6.07) is 0. The fourth-order valence-corrected chi connectivity index (χ4v) is 0.877. The molecule has 0 saturated heterocycles. The Morgan fingerprint density at radius 3 is 2.46 bits per heavy atom. The van der Waals surface area contributed by atoms with Crippen molar-refractivity contribution in [2.45, 2.75) is 13.3 Å². The van der Waals surface area contributed by atoms with Gasteiger partial charge in [-0.1, -0.05) is 12.2 Å². The van der Waals surface area contributed by atoms with E-state index >= 15 is 0 Å². The van der Waals surface area contributed by atoms with Gasteiger partial charge in [-0.15, -0.1) is 0 Å². The standard InChI is InChI=1S/C7H11NO4S/c1-6(7(8)9)4-2-3-5-13(10,11)12/h3-5H,2H2,1H3,(H2,8,9)(H,10,11,12).